The van der Waals surface area contributed by atoms with Gasteiger partial charge >= 0.3 is 11.9 Å². The van der Waals surface area contributed by atoms with Gasteiger partial charge in [-0.1, -0.05) is 57.6 Å². The monoisotopic (exact) mass is 409 g/mol. The van der Waals surface area contributed by atoms with Crippen LogP contribution in [0.15, 0.2) is 24.3 Å². The number of nitrogens with one attached hydrogen (secondary N) is 1. The summed E-state index contributed by atoms with van der Waals surface area (Å²) >= 11 is 5.54. The van der Waals surface area contributed by atoms with E-state index in [0.717, 1.165) is 12.1 Å². The summed E-state index contributed by atoms with van der Waals surface area (Å²) in [7, 11) is -0.359. The molecular weight excluding hydrogens is 384 g/mol. The van der Waals surface area contributed by atoms with Gasteiger partial charge in [0.2, 0.25) is 0 Å². The van der Waals surface area contributed by atoms with Gasteiger partial charge in [-0.2, -0.15) is 8.78 Å². The Balaban J connectivity index is 0.000000758. The average molecular weight is 410 g/mol. The number of benzene rings is 1. The van der Waals surface area contributed by atoms with E-state index in [1.54, 1.807) is 5.32 Å². The molecule has 0 unspecified atom stereocenters. The molecule has 5 nitrogen and oxygen atoms in total. The van der Waals surface area contributed by atoms with Crippen LogP contribution in [0.4, 0.5) is 8.78 Å². The Hall–Kier alpha value is -1.51. The number of carbonyl (C=O) groups excluding carboxylic acids is 1. The van der Waals surface area contributed by atoms with Gasteiger partial charge in [-0.15, -0.1) is 0 Å². The predicted octanol–water partition coefficient (Wildman–Crippen LogP) is 3.27. The number of carboxylic acids is 1. The van der Waals surface area contributed by atoms with Crippen molar-refractivity contribution >= 4 is 32.3 Å². The number of carbonyl (C=O) groups is 2. The van der Waals surface area contributed by atoms with Crippen LogP contribution in [0.25, 0.3) is 0 Å². The molecule has 1 aromatic rings. The molecule has 0 saturated carbocycles. The van der Waals surface area contributed by atoms with Crippen molar-refractivity contribution in [1.82, 2.24) is 5.32 Å². The summed E-state index contributed by atoms with van der Waals surface area (Å²) < 4.78 is 27.5. The van der Waals surface area contributed by atoms with Crippen LogP contribution in [0, 0.1) is 0 Å². The molecule has 3 N–H and O–H groups in total. The first kappa shape index (κ1) is 24.5. The van der Waals surface area contributed by atoms with Crippen LogP contribution >= 0.6 is 11.6 Å². The molecule has 9 heteroatoms. The summed E-state index contributed by atoms with van der Waals surface area (Å²) in [6.07, 6.45) is 0. The van der Waals surface area contributed by atoms with E-state index in [2.05, 4.69) is 33.9 Å². The SMILES string of the molecule is C[SiH](C)C(C)(C)C.O=C(O)[C@H](CO)NC(=O)C(F)(F)c1cccc(Cl)c1. The summed E-state index contributed by atoms with van der Waals surface area (Å²) in [6.45, 7) is 10.8. The van der Waals surface area contributed by atoms with Crippen LogP contribution in [-0.2, 0) is 15.5 Å². The lowest BCUT2D eigenvalue weighted by molar-refractivity contribution is -0.153. The maximum absolute atomic E-state index is 13.7. The molecule has 0 aliphatic rings. The minimum atomic E-state index is -3.95. The number of amides is 1. The van der Waals surface area contributed by atoms with Gasteiger partial charge in [0, 0.05) is 19.4 Å². The number of aliphatic carboxylic acids is 1. The fourth-order valence-corrected chi connectivity index (χ4v) is 1.44. The third kappa shape index (κ3) is 7.80. The second kappa shape index (κ2) is 9.99. The number of carboxylic acid groups (broad SMARTS) is 1. The van der Waals surface area contributed by atoms with Gasteiger partial charge in [0.25, 0.3) is 5.91 Å². The fraction of sp³-hybridized carbons (Fsp3) is 0.529. The smallest absolute Gasteiger partial charge is 0.349 e. The molecule has 0 bridgehead atoms. The van der Waals surface area contributed by atoms with E-state index in [1.807, 2.05) is 0 Å². The molecule has 0 heterocycles. The molecule has 1 rings (SSSR count). The molecule has 0 aliphatic heterocycles. The van der Waals surface area contributed by atoms with Crippen LogP contribution < -0.4 is 5.32 Å². The van der Waals surface area contributed by atoms with Gasteiger partial charge in [-0.25, -0.2) is 4.79 Å². The maximum atomic E-state index is 13.7. The van der Waals surface area contributed by atoms with Crippen LogP contribution in [0.5, 0.6) is 0 Å². The molecule has 0 aliphatic carbocycles. The van der Waals surface area contributed by atoms with E-state index in [4.69, 9.17) is 21.8 Å². The number of halogens is 3. The van der Waals surface area contributed by atoms with Crippen LogP contribution in [0.2, 0.25) is 23.2 Å². The lowest BCUT2D eigenvalue weighted by atomic mass is 10.1. The molecule has 1 atom stereocenters. The van der Waals surface area contributed by atoms with Crippen molar-refractivity contribution in [2.45, 2.75) is 50.9 Å². The Morgan fingerprint density at radius 1 is 1.27 bits per heavy atom. The minimum Gasteiger partial charge on any atom is -0.480 e. The van der Waals surface area contributed by atoms with Gasteiger partial charge in [-0.05, 0) is 17.2 Å². The minimum absolute atomic E-state index is 0.0157. The third-order valence-corrected chi connectivity index (χ3v) is 7.69. The van der Waals surface area contributed by atoms with E-state index in [-0.39, 0.29) is 13.8 Å². The lowest BCUT2D eigenvalue weighted by Crippen LogP contribution is -2.49. The molecule has 0 saturated heterocycles. The quantitative estimate of drug-likeness (QED) is 0.651. The molecule has 26 heavy (non-hydrogen) atoms. The van der Waals surface area contributed by atoms with Crippen molar-refractivity contribution < 1.29 is 28.6 Å². The van der Waals surface area contributed by atoms with Gasteiger partial charge in [-0.3, -0.25) is 4.79 Å². The second-order valence-corrected chi connectivity index (χ2v) is 11.6. The highest BCUT2D eigenvalue weighted by molar-refractivity contribution is 6.59. The molecule has 0 radical (unpaired) electrons. The highest BCUT2D eigenvalue weighted by Crippen LogP contribution is 2.30. The normalized spacial score (nSPS) is 12.8. The topological polar surface area (TPSA) is 86.6 Å². The van der Waals surface area contributed by atoms with Crippen LogP contribution in [0.1, 0.15) is 26.3 Å². The molecule has 0 aromatic heterocycles. The van der Waals surface area contributed by atoms with E-state index in [9.17, 15) is 18.4 Å². The summed E-state index contributed by atoms with van der Waals surface area (Å²) in [4.78, 5) is 21.9. The molecule has 0 spiro atoms. The van der Waals surface area contributed by atoms with E-state index < -0.39 is 36.0 Å². The van der Waals surface area contributed by atoms with Crippen molar-refractivity contribution in [1.29, 1.82) is 0 Å². The molecule has 148 valence electrons. The van der Waals surface area contributed by atoms with Crippen LogP contribution in [-0.4, -0.2) is 43.5 Å². The van der Waals surface area contributed by atoms with Gasteiger partial charge in [0.05, 0.1) is 6.61 Å². The standard InChI is InChI=1S/C11H10ClF2NO4.C6H16Si/c12-7-3-1-2-6(4-7)11(13,14)10(19)15-8(5-16)9(17)18;1-6(2,3)7(4)5/h1-4,8,16H,5H2,(H,15,19)(H,17,18);7H,1-5H3/t8-;/m0./s1. The second-order valence-electron chi connectivity index (χ2n) is 7.15. The van der Waals surface area contributed by atoms with Gasteiger partial charge in [0.1, 0.15) is 0 Å². The molecular formula is C17H26ClF2NO4Si. The number of aliphatic hydroxyl groups is 1. The van der Waals surface area contributed by atoms with Gasteiger partial charge < -0.3 is 15.5 Å². The van der Waals surface area contributed by atoms with E-state index in [1.165, 1.54) is 12.1 Å². The number of rotatable bonds is 5. The highest BCUT2D eigenvalue weighted by Gasteiger charge is 2.42. The zero-order valence-corrected chi connectivity index (χ0v) is 17.4. The first-order valence-corrected chi connectivity index (χ1v) is 11.3. The maximum Gasteiger partial charge on any atom is 0.349 e. The Morgan fingerprint density at radius 3 is 2.12 bits per heavy atom. The van der Waals surface area contributed by atoms with Crippen molar-refractivity contribution in [2.24, 2.45) is 0 Å². The first-order valence-electron chi connectivity index (χ1n) is 8.02. The lowest BCUT2D eigenvalue weighted by Gasteiger charge is -2.21. The average Bonchev–Trinajstić information content (AvgIpc) is 2.51. The third-order valence-electron chi connectivity index (χ3n) is 3.99. The molecule has 1 aromatic carbocycles. The zero-order chi connectivity index (χ0) is 20.7. The summed E-state index contributed by atoms with van der Waals surface area (Å²) in [5.41, 5.74) is -0.667. The van der Waals surface area contributed by atoms with E-state index in [0.29, 0.717) is 5.04 Å². The first-order chi connectivity index (χ1) is 11.7. The highest BCUT2D eigenvalue weighted by atomic mass is 35.5. The summed E-state index contributed by atoms with van der Waals surface area (Å²) in [5.74, 6) is -7.39. The Labute approximate surface area is 159 Å². The van der Waals surface area contributed by atoms with Crippen molar-refractivity contribution in [3.05, 3.63) is 34.9 Å². The Bertz CT molecular complexity index is 621. The summed E-state index contributed by atoms with van der Waals surface area (Å²) in [6, 6.07) is 2.68. The van der Waals surface area contributed by atoms with Crippen molar-refractivity contribution in [3.63, 3.8) is 0 Å². The number of alkyl halides is 2. The largest absolute Gasteiger partial charge is 0.480 e. The Kier molecular flexibility index (Phi) is 9.40. The Morgan fingerprint density at radius 2 is 1.77 bits per heavy atom. The predicted molar refractivity (Wildman–Crippen MR) is 101 cm³/mol. The molecule has 1 amide bonds. The van der Waals surface area contributed by atoms with Crippen molar-refractivity contribution in [3.8, 4) is 0 Å². The number of aliphatic hydroxyl groups excluding tert-OH is 1. The van der Waals surface area contributed by atoms with E-state index >= 15 is 0 Å². The molecule has 0 fully saturated rings. The summed E-state index contributed by atoms with van der Waals surface area (Å²) in [5, 5.41) is 19.4. The van der Waals surface area contributed by atoms with Crippen molar-refractivity contribution in [2.75, 3.05) is 6.61 Å². The fourth-order valence-electron chi connectivity index (χ4n) is 1.25. The number of hydrogen-bond acceptors (Lipinski definition) is 3. The van der Waals surface area contributed by atoms with Gasteiger partial charge in [0.15, 0.2) is 6.04 Å². The van der Waals surface area contributed by atoms with Crippen LogP contribution in [0.3, 0.4) is 0 Å². The zero-order valence-electron chi connectivity index (χ0n) is 15.5. The number of hydrogen-bond donors (Lipinski definition) is 3.